The van der Waals surface area contributed by atoms with Crippen molar-refractivity contribution in [3.05, 3.63) is 41.5 Å². The average Bonchev–Trinajstić information content (AvgIpc) is 2.98. The summed E-state index contributed by atoms with van der Waals surface area (Å²) in [6, 6.07) is 10.0. The van der Waals surface area contributed by atoms with Crippen molar-refractivity contribution >= 4 is 11.5 Å². The number of hydrogen-bond acceptors (Lipinski definition) is 3. The molecule has 0 N–H and O–H groups in total. The second-order valence-electron chi connectivity index (χ2n) is 8.15. The molecule has 5 heterocycles. The number of para-hydroxylation sites is 1. The molecule has 5 bridgehead atoms. The van der Waals surface area contributed by atoms with Crippen LogP contribution in [0.4, 0.5) is 5.69 Å². The number of anilines is 1. The number of carbonyl (C=O) groups is 1. The Morgan fingerprint density at radius 2 is 2.09 bits per heavy atom. The van der Waals surface area contributed by atoms with Crippen LogP contribution in [0, 0.1) is 11.8 Å². The van der Waals surface area contributed by atoms with E-state index in [9.17, 15) is 4.79 Å². The number of Topliss-reactive ketones (excluding diaryl/α,β-unsaturated/α-hetero) is 1. The van der Waals surface area contributed by atoms with E-state index in [4.69, 9.17) is 0 Å². The van der Waals surface area contributed by atoms with Gasteiger partial charge in [0.2, 0.25) is 0 Å². The molecule has 1 saturated carbocycles. The van der Waals surface area contributed by atoms with Crippen LogP contribution in [0.3, 0.4) is 0 Å². The summed E-state index contributed by atoms with van der Waals surface area (Å²) in [6.45, 7) is 3.24. The van der Waals surface area contributed by atoms with Crippen LogP contribution >= 0.6 is 0 Å². The summed E-state index contributed by atoms with van der Waals surface area (Å²) in [5.41, 5.74) is 3.91. The van der Waals surface area contributed by atoms with Gasteiger partial charge in [0.15, 0.2) is 5.78 Å². The number of piperidine rings is 4. The van der Waals surface area contributed by atoms with Crippen LogP contribution in [-0.2, 0) is 10.2 Å². The zero-order valence-electron chi connectivity index (χ0n) is 13.7. The van der Waals surface area contributed by atoms with Crippen molar-refractivity contribution in [2.24, 2.45) is 11.8 Å². The van der Waals surface area contributed by atoms with Crippen molar-refractivity contribution < 1.29 is 4.79 Å². The quantitative estimate of drug-likeness (QED) is 0.688. The minimum Gasteiger partial charge on any atom is -0.368 e. The van der Waals surface area contributed by atoms with Gasteiger partial charge < -0.3 is 4.90 Å². The molecule has 7 atom stereocenters. The molecule has 7 rings (SSSR count). The van der Waals surface area contributed by atoms with E-state index < -0.39 is 0 Å². The monoisotopic (exact) mass is 306 g/mol. The highest BCUT2D eigenvalue weighted by atomic mass is 16.1. The zero-order chi connectivity index (χ0) is 15.5. The molecular weight excluding hydrogens is 284 g/mol. The highest BCUT2D eigenvalue weighted by molar-refractivity contribution is 6.01. The molecule has 3 nitrogen and oxygen atoms in total. The van der Waals surface area contributed by atoms with E-state index >= 15 is 0 Å². The smallest absolute Gasteiger partial charge is 0.150 e. The number of allylic oxidation sites excluding steroid dienone is 1. The predicted octanol–water partition coefficient (Wildman–Crippen LogP) is 2.36. The molecule has 0 amide bonds. The van der Waals surface area contributed by atoms with Gasteiger partial charge in [-0.25, -0.2) is 0 Å². The van der Waals surface area contributed by atoms with Crippen LogP contribution in [0.1, 0.15) is 25.3 Å². The molecular formula is C20H22N2O. The van der Waals surface area contributed by atoms with Crippen LogP contribution < -0.4 is 4.90 Å². The van der Waals surface area contributed by atoms with E-state index in [0.29, 0.717) is 29.8 Å². The number of hydrogen-bond donors (Lipinski definition) is 0. The Balaban J connectivity index is 1.64. The Hall–Kier alpha value is -1.61. The fraction of sp³-hybridized carbons (Fsp3) is 0.550. The molecule has 5 aliphatic heterocycles. The molecule has 1 aliphatic carbocycles. The van der Waals surface area contributed by atoms with Gasteiger partial charge >= 0.3 is 0 Å². The third-order valence-electron chi connectivity index (χ3n) is 7.73. The van der Waals surface area contributed by atoms with Crippen molar-refractivity contribution in [3.63, 3.8) is 0 Å². The molecule has 1 spiro atoms. The van der Waals surface area contributed by atoms with Crippen molar-refractivity contribution in [2.75, 3.05) is 18.5 Å². The Labute approximate surface area is 137 Å². The van der Waals surface area contributed by atoms with E-state index in [1.54, 1.807) is 0 Å². The minimum atomic E-state index is -0.222. The first-order valence-electron chi connectivity index (χ1n) is 8.96. The van der Waals surface area contributed by atoms with Gasteiger partial charge in [-0.2, -0.15) is 0 Å². The maximum atomic E-state index is 13.7. The standard InChI is InChI=1S/C20H22N2O/c1-3-11-10-22-15-8-12(11)17-16(22)9-20(19(17)23)13-6-4-5-7-14(13)21(2)18(15)20/h3-7,12,15-18H,8-10H2,1-2H3/t12-,15+,16+,17+,18+,20-/m1/s1. The Morgan fingerprint density at radius 1 is 1.26 bits per heavy atom. The number of benzene rings is 1. The van der Waals surface area contributed by atoms with Crippen molar-refractivity contribution in [2.45, 2.75) is 43.3 Å². The lowest BCUT2D eigenvalue weighted by molar-refractivity contribution is -0.126. The van der Waals surface area contributed by atoms with Crippen LogP contribution in [0.2, 0.25) is 0 Å². The Bertz CT molecular complexity index is 784. The molecule has 23 heavy (non-hydrogen) atoms. The molecule has 5 fully saturated rings. The first kappa shape index (κ1) is 12.8. The normalized spacial score (nSPS) is 49.9. The van der Waals surface area contributed by atoms with Gasteiger partial charge in [-0.1, -0.05) is 29.8 Å². The lowest BCUT2D eigenvalue weighted by Gasteiger charge is -2.58. The van der Waals surface area contributed by atoms with Gasteiger partial charge in [0.1, 0.15) is 0 Å². The lowest BCUT2D eigenvalue weighted by atomic mass is 9.65. The number of ketones is 1. The molecule has 4 saturated heterocycles. The van der Waals surface area contributed by atoms with E-state index in [1.807, 2.05) is 0 Å². The molecule has 1 aromatic rings. The zero-order valence-corrected chi connectivity index (χ0v) is 13.7. The largest absolute Gasteiger partial charge is 0.368 e. The first-order valence-corrected chi connectivity index (χ1v) is 8.96. The minimum absolute atomic E-state index is 0.222. The van der Waals surface area contributed by atoms with Gasteiger partial charge in [-0.05, 0) is 37.3 Å². The average molecular weight is 306 g/mol. The maximum Gasteiger partial charge on any atom is 0.150 e. The van der Waals surface area contributed by atoms with Crippen molar-refractivity contribution in [1.82, 2.24) is 4.90 Å². The number of likely N-dealkylation sites (N-methyl/N-ethyl adjacent to an activating group) is 1. The first-order chi connectivity index (χ1) is 11.2. The summed E-state index contributed by atoms with van der Waals surface area (Å²) >= 11 is 0. The van der Waals surface area contributed by atoms with E-state index in [1.165, 1.54) is 23.2 Å². The summed E-state index contributed by atoms with van der Waals surface area (Å²) < 4.78 is 0. The molecule has 1 unspecified atom stereocenters. The third kappa shape index (κ3) is 1.12. The number of carbonyl (C=O) groups excluding carboxylic acids is 1. The number of fused-ring (bicyclic) bond motifs is 2. The molecule has 118 valence electrons. The Kier molecular flexibility index (Phi) is 2.07. The fourth-order valence-corrected chi connectivity index (χ4v) is 7.05. The topological polar surface area (TPSA) is 23.6 Å². The number of rotatable bonds is 0. The van der Waals surface area contributed by atoms with Crippen LogP contribution in [0.25, 0.3) is 0 Å². The molecule has 6 aliphatic rings. The summed E-state index contributed by atoms with van der Waals surface area (Å²) in [5.74, 6) is 1.31. The fourth-order valence-electron chi connectivity index (χ4n) is 7.05. The lowest BCUT2D eigenvalue weighted by Crippen LogP contribution is -2.68. The van der Waals surface area contributed by atoms with Crippen molar-refractivity contribution in [3.8, 4) is 0 Å². The molecule has 0 radical (unpaired) electrons. The third-order valence-corrected chi connectivity index (χ3v) is 7.73. The van der Waals surface area contributed by atoms with E-state index in [0.717, 1.165) is 13.0 Å². The van der Waals surface area contributed by atoms with Gasteiger partial charge in [0.25, 0.3) is 0 Å². The predicted molar refractivity (Wildman–Crippen MR) is 89.6 cm³/mol. The molecule has 0 aromatic heterocycles. The van der Waals surface area contributed by atoms with E-state index in [-0.39, 0.29) is 11.3 Å². The summed E-state index contributed by atoms with van der Waals surface area (Å²) in [5, 5.41) is 0. The summed E-state index contributed by atoms with van der Waals surface area (Å²) in [6.07, 6.45) is 4.50. The highest BCUT2D eigenvalue weighted by Gasteiger charge is 2.74. The molecule has 3 heteroatoms. The van der Waals surface area contributed by atoms with Gasteiger partial charge in [-0.15, -0.1) is 0 Å². The second kappa shape index (κ2) is 3.72. The summed E-state index contributed by atoms with van der Waals surface area (Å²) in [4.78, 5) is 18.9. The van der Waals surface area contributed by atoms with Crippen LogP contribution in [-0.4, -0.2) is 42.4 Å². The number of nitrogens with zero attached hydrogens (tertiary/aromatic N) is 2. The van der Waals surface area contributed by atoms with Crippen LogP contribution in [0.5, 0.6) is 0 Å². The van der Waals surface area contributed by atoms with Crippen molar-refractivity contribution in [1.29, 1.82) is 0 Å². The van der Waals surface area contributed by atoms with E-state index in [2.05, 4.69) is 54.1 Å². The van der Waals surface area contributed by atoms with Gasteiger partial charge in [0.05, 0.1) is 11.5 Å². The van der Waals surface area contributed by atoms with Crippen LogP contribution in [0.15, 0.2) is 35.9 Å². The Morgan fingerprint density at radius 3 is 2.91 bits per heavy atom. The maximum absolute atomic E-state index is 13.7. The van der Waals surface area contributed by atoms with Gasteiger partial charge in [0, 0.05) is 37.3 Å². The molecule has 1 aromatic carbocycles. The SMILES string of the molecule is CC=C1CN2[C@H]3C[C@]45C(=O)[C@H]3[C@@H]1C[C@H]2[C@@H]4N(C)c1ccccc15. The second-order valence-corrected chi connectivity index (χ2v) is 8.15. The van der Waals surface area contributed by atoms with Gasteiger partial charge in [-0.3, -0.25) is 9.69 Å². The summed E-state index contributed by atoms with van der Waals surface area (Å²) in [7, 11) is 2.21. The highest BCUT2D eigenvalue weighted by Crippen LogP contribution is 2.66.